The predicted molar refractivity (Wildman–Crippen MR) is 62.8 cm³/mol. The summed E-state index contributed by atoms with van der Waals surface area (Å²) in [4.78, 5) is 11.1. The zero-order valence-corrected chi connectivity index (χ0v) is 10.4. The van der Waals surface area contributed by atoms with E-state index < -0.39 is 21.6 Å². The second-order valence-electron chi connectivity index (χ2n) is 4.49. The van der Waals surface area contributed by atoms with Crippen LogP contribution in [0.4, 0.5) is 0 Å². The van der Waals surface area contributed by atoms with Crippen molar-refractivity contribution >= 4 is 15.8 Å². The largest absolute Gasteiger partial charge is 0.395 e. The van der Waals surface area contributed by atoms with Crippen molar-refractivity contribution in [1.82, 2.24) is 4.31 Å². The van der Waals surface area contributed by atoms with E-state index in [9.17, 15) is 18.3 Å². The van der Waals surface area contributed by atoms with Crippen LogP contribution < -0.4 is 0 Å². The number of ketones is 1. The molecule has 0 radical (unpaired) electrons. The molecule has 6 heteroatoms. The molecule has 0 unspecified atom stereocenters. The molecular formula is C11H15NO4S. The van der Waals surface area contributed by atoms with Gasteiger partial charge in [-0.25, -0.2) is 8.42 Å². The highest BCUT2D eigenvalue weighted by atomic mass is 32.2. The number of allylic oxidation sites excluding steroid dienone is 2. The van der Waals surface area contributed by atoms with Crippen LogP contribution in [0.2, 0.25) is 0 Å². The first kappa shape index (κ1) is 12.5. The van der Waals surface area contributed by atoms with Gasteiger partial charge in [-0.15, -0.1) is 0 Å². The molecule has 0 bridgehead atoms. The van der Waals surface area contributed by atoms with Gasteiger partial charge in [-0.05, 0) is 25.0 Å². The third kappa shape index (κ3) is 2.08. The lowest BCUT2D eigenvalue weighted by molar-refractivity contribution is -0.110. The fourth-order valence-electron chi connectivity index (χ4n) is 2.59. The SMILES string of the molecule is CS(=O)(=O)N1[C@H](CO)CCC12C=CC(=O)C=C2. The summed E-state index contributed by atoms with van der Waals surface area (Å²) in [5, 5.41) is 9.24. The van der Waals surface area contributed by atoms with Gasteiger partial charge in [0.1, 0.15) is 0 Å². The van der Waals surface area contributed by atoms with E-state index in [2.05, 4.69) is 0 Å². The molecular weight excluding hydrogens is 242 g/mol. The molecule has 1 heterocycles. The van der Waals surface area contributed by atoms with Crippen LogP contribution >= 0.6 is 0 Å². The number of carbonyl (C=O) groups is 1. The van der Waals surface area contributed by atoms with Gasteiger partial charge in [0.2, 0.25) is 10.0 Å². The standard InChI is InChI=1S/C11H15NO4S/c1-17(15,16)12-9(8-13)2-5-11(12)6-3-10(14)4-7-11/h3-4,6-7,9,13H,2,5,8H2,1H3/t9-/m0/s1. The molecule has 17 heavy (non-hydrogen) atoms. The molecule has 0 saturated carbocycles. The molecule has 1 N–H and O–H groups in total. The molecule has 5 nitrogen and oxygen atoms in total. The summed E-state index contributed by atoms with van der Waals surface area (Å²) in [6.07, 6.45) is 8.31. The quantitative estimate of drug-likeness (QED) is 0.745. The highest BCUT2D eigenvalue weighted by Crippen LogP contribution is 2.39. The van der Waals surface area contributed by atoms with Crippen LogP contribution in [0, 0.1) is 0 Å². The maximum Gasteiger partial charge on any atom is 0.212 e. The fourth-order valence-corrected chi connectivity index (χ4v) is 4.13. The van der Waals surface area contributed by atoms with Gasteiger partial charge in [-0.2, -0.15) is 4.31 Å². The Morgan fingerprint density at radius 3 is 2.53 bits per heavy atom. The lowest BCUT2D eigenvalue weighted by atomic mass is 9.92. The Morgan fingerprint density at radius 1 is 1.47 bits per heavy atom. The van der Waals surface area contributed by atoms with E-state index in [0.717, 1.165) is 6.26 Å². The first-order valence-electron chi connectivity index (χ1n) is 5.42. The van der Waals surface area contributed by atoms with Crippen molar-refractivity contribution in [2.75, 3.05) is 12.9 Å². The number of aliphatic hydroxyl groups excluding tert-OH is 1. The van der Waals surface area contributed by atoms with Crippen LogP contribution in [0.25, 0.3) is 0 Å². The minimum atomic E-state index is -3.43. The zero-order chi connectivity index (χ0) is 12.7. The molecule has 0 aromatic carbocycles. The van der Waals surface area contributed by atoms with E-state index in [-0.39, 0.29) is 12.4 Å². The van der Waals surface area contributed by atoms with E-state index in [0.29, 0.717) is 12.8 Å². The lowest BCUT2D eigenvalue weighted by Gasteiger charge is -2.35. The topological polar surface area (TPSA) is 74.7 Å². The Hall–Kier alpha value is -0.980. The van der Waals surface area contributed by atoms with Gasteiger partial charge >= 0.3 is 0 Å². The molecule has 0 aromatic heterocycles. The maximum absolute atomic E-state index is 11.8. The third-order valence-corrected chi connectivity index (χ3v) is 4.61. The van der Waals surface area contributed by atoms with Crippen LogP contribution in [-0.2, 0) is 14.8 Å². The van der Waals surface area contributed by atoms with Gasteiger partial charge < -0.3 is 5.11 Å². The zero-order valence-electron chi connectivity index (χ0n) is 9.54. The summed E-state index contributed by atoms with van der Waals surface area (Å²) in [6.45, 7) is -0.204. The number of aliphatic hydroxyl groups is 1. The maximum atomic E-state index is 11.8. The van der Waals surface area contributed by atoms with Gasteiger partial charge in [-0.3, -0.25) is 4.79 Å². The summed E-state index contributed by atoms with van der Waals surface area (Å²) in [5.74, 6) is -0.142. The normalized spacial score (nSPS) is 28.1. The number of rotatable bonds is 2. The number of hydrogen-bond donors (Lipinski definition) is 1. The Labute approximate surface area is 100 Å². The third-order valence-electron chi connectivity index (χ3n) is 3.26. The van der Waals surface area contributed by atoms with Gasteiger partial charge in [-0.1, -0.05) is 12.2 Å². The summed E-state index contributed by atoms with van der Waals surface area (Å²) >= 11 is 0. The van der Waals surface area contributed by atoms with Gasteiger partial charge in [0.15, 0.2) is 5.78 Å². The summed E-state index contributed by atoms with van der Waals surface area (Å²) in [6, 6.07) is -0.410. The Balaban J connectivity index is 2.45. The van der Waals surface area contributed by atoms with Gasteiger partial charge in [0.25, 0.3) is 0 Å². The van der Waals surface area contributed by atoms with Crippen LogP contribution in [0.1, 0.15) is 12.8 Å². The van der Waals surface area contributed by atoms with E-state index in [1.807, 2.05) is 0 Å². The van der Waals surface area contributed by atoms with Crippen molar-refractivity contribution in [2.24, 2.45) is 0 Å². The fraction of sp³-hybridized carbons (Fsp3) is 0.545. The van der Waals surface area contributed by atoms with E-state index in [1.54, 1.807) is 12.2 Å². The van der Waals surface area contributed by atoms with Crippen LogP contribution in [0.5, 0.6) is 0 Å². The number of nitrogens with zero attached hydrogens (tertiary/aromatic N) is 1. The molecule has 1 saturated heterocycles. The van der Waals surface area contributed by atoms with Crippen molar-refractivity contribution in [1.29, 1.82) is 0 Å². The minimum Gasteiger partial charge on any atom is -0.395 e. The van der Waals surface area contributed by atoms with Gasteiger partial charge in [0.05, 0.1) is 18.4 Å². The van der Waals surface area contributed by atoms with E-state index in [4.69, 9.17) is 0 Å². The van der Waals surface area contributed by atoms with Crippen molar-refractivity contribution in [3.63, 3.8) is 0 Å². The monoisotopic (exact) mass is 257 g/mol. The van der Waals surface area contributed by atoms with Crippen molar-refractivity contribution in [3.8, 4) is 0 Å². The number of hydrogen-bond acceptors (Lipinski definition) is 4. The molecule has 0 amide bonds. The summed E-state index contributed by atoms with van der Waals surface area (Å²) in [5.41, 5.74) is -0.769. The number of sulfonamides is 1. The second kappa shape index (κ2) is 4.04. The lowest BCUT2D eigenvalue weighted by Crippen LogP contribution is -2.49. The Bertz CT molecular complexity index is 476. The first-order chi connectivity index (χ1) is 7.89. The molecule has 1 fully saturated rings. The average molecular weight is 257 g/mol. The highest BCUT2D eigenvalue weighted by Gasteiger charge is 2.48. The number of carbonyl (C=O) groups excluding carboxylic acids is 1. The smallest absolute Gasteiger partial charge is 0.212 e. The Morgan fingerprint density at radius 2 is 2.06 bits per heavy atom. The molecule has 94 valence electrons. The molecule has 1 aliphatic carbocycles. The van der Waals surface area contributed by atoms with E-state index >= 15 is 0 Å². The highest BCUT2D eigenvalue weighted by molar-refractivity contribution is 7.88. The van der Waals surface area contributed by atoms with Crippen molar-refractivity contribution in [2.45, 2.75) is 24.4 Å². The molecule has 0 aromatic rings. The summed E-state index contributed by atoms with van der Waals surface area (Å²) < 4.78 is 24.9. The predicted octanol–water partition coefficient (Wildman–Crippen LogP) is -0.163. The van der Waals surface area contributed by atoms with Crippen molar-refractivity contribution < 1.29 is 18.3 Å². The molecule has 2 rings (SSSR count). The van der Waals surface area contributed by atoms with E-state index in [1.165, 1.54) is 16.5 Å². The average Bonchev–Trinajstić information content (AvgIpc) is 2.61. The Kier molecular flexibility index (Phi) is 2.97. The minimum absolute atomic E-state index is 0.142. The molecule has 1 atom stereocenters. The first-order valence-corrected chi connectivity index (χ1v) is 7.27. The van der Waals surface area contributed by atoms with Crippen LogP contribution in [0.15, 0.2) is 24.3 Å². The van der Waals surface area contributed by atoms with Gasteiger partial charge in [0, 0.05) is 6.04 Å². The second-order valence-corrected chi connectivity index (χ2v) is 6.35. The molecule has 1 spiro atoms. The van der Waals surface area contributed by atoms with Crippen LogP contribution in [-0.4, -0.2) is 48.1 Å². The summed E-state index contributed by atoms with van der Waals surface area (Å²) in [7, 11) is -3.43. The van der Waals surface area contributed by atoms with Crippen molar-refractivity contribution in [3.05, 3.63) is 24.3 Å². The van der Waals surface area contributed by atoms with Crippen LogP contribution in [0.3, 0.4) is 0 Å². The molecule has 1 aliphatic heterocycles. The molecule has 2 aliphatic rings.